The molecule has 1 N–H and O–H groups in total. The van der Waals surface area contributed by atoms with E-state index in [1.165, 1.54) is 29.0 Å². The molecule has 0 saturated carbocycles. The fourth-order valence-electron chi connectivity index (χ4n) is 3.71. The molecule has 0 amide bonds. The SMILES string of the molecule is [CH2-][NH+]1CCc2c(CN3C[C@H]4C[C@@H]3CO4)cccc21. The molecule has 0 spiro atoms. The van der Waals surface area contributed by atoms with E-state index in [0.29, 0.717) is 12.1 Å². The third-order valence-electron chi connectivity index (χ3n) is 4.72. The molecule has 3 aliphatic heterocycles. The molecule has 4 rings (SSSR count). The number of hydrogen-bond acceptors (Lipinski definition) is 2. The molecule has 96 valence electrons. The highest BCUT2D eigenvalue weighted by Crippen LogP contribution is 2.31. The molecular formula is C15H20N2O. The van der Waals surface area contributed by atoms with E-state index in [-0.39, 0.29) is 0 Å². The average Bonchev–Trinajstić information content (AvgIpc) is 3.06. The van der Waals surface area contributed by atoms with Crippen LogP contribution >= 0.6 is 0 Å². The van der Waals surface area contributed by atoms with Gasteiger partial charge in [-0.1, -0.05) is 12.1 Å². The van der Waals surface area contributed by atoms with Crippen LogP contribution in [0.15, 0.2) is 18.2 Å². The normalized spacial score (nSPS) is 34.2. The van der Waals surface area contributed by atoms with Crippen molar-refractivity contribution in [3.63, 3.8) is 0 Å². The quantitative estimate of drug-likeness (QED) is 0.764. The Labute approximate surface area is 108 Å². The maximum absolute atomic E-state index is 5.67. The van der Waals surface area contributed by atoms with Gasteiger partial charge in [0.15, 0.2) is 0 Å². The van der Waals surface area contributed by atoms with Crippen molar-refractivity contribution in [2.24, 2.45) is 0 Å². The molecule has 0 aromatic heterocycles. The van der Waals surface area contributed by atoms with Crippen molar-refractivity contribution in [3.8, 4) is 0 Å². The Morgan fingerprint density at radius 3 is 3.17 bits per heavy atom. The molecule has 2 bridgehead atoms. The second-order valence-electron chi connectivity index (χ2n) is 5.82. The van der Waals surface area contributed by atoms with Gasteiger partial charge in [0.1, 0.15) is 5.69 Å². The molecule has 1 aromatic rings. The van der Waals surface area contributed by atoms with Gasteiger partial charge in [0.2, 0.25) is 0 Å². The summed E-state index contributed by atoms with van der Waals surface area (Å²) in [4.78, 5) is 3.92. The van der Waals surface area contributed by atoms with Crippen LogP contribution in [0.3, 0.4) is 0 Å². The molecule has 1 unspecified atom stereocenters. The van der Waals surface area contributed by atoms with Gasteiger partial charge in [-0.05, 0) is 18.1 Å². The van der Waals surface area contributed by atoms with Gasteiger partial charge in [-0.15, -0.1) is 7.05 Å². The van der Waals surface area contributed by atoms with E-state index in [9.17, 15) is 0 Å². The van der Waals surface area contributed by atoms with Gasteiger partial charge in [0, 0.05) is 31.1 Å². The number of ether oxygens (including phenoxy) is 1. The first-order valence-corrected chi connectivity index (χ1v) is 6.96. The molecule has 3 aliphatic rings. The van der Waals surface area contributed by atoms with E-state index in [1.807, 2.05) is 0 Å². The topological polar surface area (TPSA) is 16.9 Å². The van der Waals surface area contributed by atoms with Gasteiger partial charge < -0.3 is 9.64 Å². The largest absolute Gasteiger partial charge is 0.434 e. The van der Waals surface area contributed by atoms with Crippen LogP contribution in [0.1, 0.15) is 17.5 Å². The molecule has 2 saturated heterocycles. The van der Waals surface area contributed by atoms with E-state index in [4.69, 9.17) is 4.74 Å². The van der Waals surface area contributed by atoms with Crippen molar-refractivity contribution in [2.45, 2.75) is 31.5 Å². The first-order valence-electron chi connectivity index (χ1n) is 6.96. The van der Waals surface area contributed by atoms with Crippen molar-refractivity contribution < 1.29 is 9.64 Å². The standard InChI is InChI=1S/C15H20N2O/c1-16-6-5-14-11(3-2-4-15(14)16)8-17-9-13-7-12(17)10-18-13/h2-4,12-13,16H,1,5-10H2/t12-,13-/m1/s1. The predicted molar refractivity (Wildman–Crippen MR) is 69.5 cm³/mol. The third-order valence-corrected chi connectivity index (χ3v) is 4.72. The van der Waals surface area contributed by atoms with Crippen LogP contribution in [0.4, 0.5) is 5.69 Å². The van der Waals surface area contributed by atoms with E-state index >= 15 is 0 Å². The summed E-state index contributed by atoms with van der Waals surface area (Å²) >= 11 is 0. The lowest BCUT2D eigenvalue weighted by molar-refractivity contribution is -0.775. The zero-order valence-electron chi connectivity index (χ0n) is 10.7. The Kier molecular flexibility index (Phi) is 2.47. The first kappa shape index (κ1) is 11.0. The van der Waals surface area contributed by atoms with Crippen LogP contribution in [0.25, 0.3) is 0 Å². The second kappa shape index (κ2) is 4.05. The molecule has 3 heterocycles. The van der Waals surface area contributed by atoms with Gasteiger partial charge in [-0.3, -0.25) is 4.90 Å². The summed E-state index contributed by atoms with van der Waals surface area (Å²) in [7, 11) is 4.17. The van der Waals surface area contributed by atoms with Crippen LogP contribution < -0.4 is 4.90 Å². The van der Waals surface area contributed by atoms with Crippen molar-refractivity contribution in [3.05, 3.63) is 36.4 Å². The summed E-state index contributed by atoms with van der Waals surface area (Å²) in [5, 5.41) is 0. The van der Waals surface area contributed by atoms with Crippen LogP contribution in [0, 0.1) is 7.05 Å². The molecule has 3 atom stereocenters. The highest BCUT2D eigenvalue weighted by molar-refractivity contribution is 5.47. The minimum Gasteiger partial charge on any atom is -0.434 e. The van der Waals surface area contributed by atoms with Gasteiger partial charge in [0.05, 0.1) is 19.3 Å². The lowest BCUT2D eigenvalue weighted by Crippen LogP contribution is -3.00. The Morgan fingerprint density at radius 2 is 2.39 bits per heavy atom. The maximum atomic E-state index is 5.67. The third kappa shape index (κ3) is 1.62. The Balaban J connectivity index is 1.59. The highest BCUT2D eigenvalue weighted by Gasteiger charge is 2.39. The van der Waals surface area contributed by atoms with Crippen molar-refractivity contribution in [1.29, 1.82) is 0 Å². The Morgan fingerprint density at radius 1 is 1.44 bits per heavy atom. The number of hydrogen-bond donors (Lipinski definition) is 1. The van der Waals surface area contributed by atoms with E-state index in [1.54, 1.807) is 5.56 Å². The van der Waals surface area contributed by atoms with Crippen molar-refractivity contribution in [2.75, 3.05) is 19.7 Å². The minimum atomic E-state index is 0.502. The molecular weight excluding hydrogens is 224 g/mol. The molecule has 0 aliphatic carbocycles. The Bertz CT molecular complexity index is 474. The number of fused-ring (bicyclic) bond motifs is 3. The van der Waals surface area contributed by atoms with Crippen LogP contribution in [0.5, 0.6) is 0 Å². The number of nitrogens with zero attached hydrogens (tertiary/aromatic N) is 1. The predicted octanol–water partition coefficient (Wildman–Crippen LogP) is 0.524. The Hall–Kier alpha value is -0.900. The summed E-state index contributed by atoms with van der Waals surface area (Å²) in [6, 6.07) is 7.38. The zero-order valence-corrected chi connectivity index (χ0v) is 10.7. The monoisotopic (exact) mass is 244 g/mol. The number of morpholine rings is 1. The van der Waals surface area contributed by atoms with Crippen LogP contribution in [-0.2, 0) is 17.7 Å². The smallest absolute Gasteiger partial charge is 0.108 e. The van der Waals surface area contributed by atoms with Gasteiger partial charge in [0.25, 0.3) is 0 Å². The fourth-order valence-corrected chi connectivity index (χ4v) is 3.71. The van der Waals surface area contributed by atoms with Crippen LogP contribution in [-0.4, -0.2) is 36.7 Å². The highest BCUT2D eigenvalue weighted by atomic mass is 16.5. The number of quaternary nitrogens is 1. The summed E-state index contributed by atoms with van der Waals surface area (Å²) in [5.41, 5.74) is 4.47. The number of likely N-dealkylation sites (tertiary alicyclic amines) is 1. The van der Waals surface area contributed by atoms with Crippen molar-refractivity contribution in [1.82, 2.24) is 4.90 Å². The summed E-state index contributed by atoms with van der Waals surface area (Å²) in [5.74, 6) is 0. The maximum Gasteiger partial charge on any atom is 0.108 e. The zero-order chi connectivity index (χ0) is 12.1. The van der Waals surface area contributed by atoms with Crippen molar-refractivity contribution >= 4 is 5.69 Å². The number of benzene rings is 1. The fraction of sp³-hybridized carbons (Fsp3) is 0.533. The lowest BCUT2D eigenvalue weighted by Gasteiger charge is -2.27. The summed E-state index contributed by atoms with van der Waals surface area (Å²) in [6.45, 7) is 4.30. The summed E-state index contributed by atoms with van der Waals surface area (Å²) in [6.07, 6.45) is 2.92. The second-order valence-corrected chi connectivity index (χ2v) is 5.82. The number of nitrogens with one attached hydrogen (secondary N) is 1. The minimum absolute atomic E-state index is 0.502. The van der Waals surface area contributed by atoms with Crippen LogP contribution in [0.2, 0.25) is 0 Å². The first-order chi connectivity index (χ1) is 8.81. The van der Waals surface area contributed by atoms with Gasteiger partial charge >= 0.3 is 0 Å². The van der Waals surface area contributed by atoms with Gasteiger partial charge in [-0.25, -0.2) is 0 Å². The van der Waals surface area contributed by atoms with Gasteiger partial charge in [-0.2, -0.15) is 0 Å². The molecule has 2 fully saturated rings. The average molecular weight is 244 g/mol. The van der Waals surface area contributed by atoms with E-state index in [2.05, 4.69) is 30.1 Å². The number of rotatable bonds is 2. The molecule has 3 heteroatoms. The molecule has 1 aromatic carbocycles. The van der Waals surface area contributed by atoms with E-state index < -0.39 is 0 Å². The molecule has 0 radical (unpaired) electrons. The molecule has 3 nitrogen and oxygen atoms in total. The molecule has 18 heavy (non-hydrogen) atoms. The lowest BCUT2D eigenvalue weighted by atomic mass is 10.0. The van der Waals surface area contributed by atoms with E-state index in [0.717, 1.165) is 26.2 Å². The summed E-state index contributed by atoms with van der Waals surface area (Å²) < 4.78 is 5.67.